The SMILES string of the molecule is C[Si](C)(C)C(F)(Br)C(F)(F)Br. The number of alkyl halides is 5. The monoisotopic (exact) mass is 312 g/mol. The Hall–Kier alpha value is 0.967. The first-order valence-corrected chi connectivity index (χ1v) is 8.03. The molecule has 0 aliphatic rings. The lowest BCUT2D eigenvalue weighted by molar-refractivity contribution is 0.0420. The van der Waals surface area contributed by atoms with Crippen molar-refractivity contribution in [3.63, 3.8) is 0 Å². The van der Waals surface area contributed by atoms with Gasteiger partial charge in [0.05, 0.1) is 0 Å². The largest absolute Gasteiger partial charge is 0.341 e. The molecule has 6 heteroatoms. The number of rotatable bonds is 2. The van der Waals surface area contributed by atoms with Gasteiger partial charge in [-0.3, -0.25) is 0 Å². The summed E-state index contributed by atoms with van der Waals surface area (Å²) >= 11 is 4.44. The van der Waals surface area contributed by atoms with Crippen LogP contribution in [0.2, 0.25) is 19.6 Å². The first-order chi connectivity index (χ1) is 4.50. The van der Waals surface area contributed by atoms with E-state index in [4.69, 9.17) is 0 Å². The van der Waals surface area contributed by atoms with Gasteiger partial charge in [-0.15, -0.1) is 0 Å². The van der Waals surface area contributed by atoms with Crippen LogP contribution < -0.4 is 0 Å². The van der Waals surface area contributed by atoms with Crippen molar-refractivity contribution in [2.24, 2.45) is 0 Å². The van der Waals surface area contributed by atoms with Crippen molar-refractivity contribution >= 4 is 39.9 Å². The van der Waals surface area contributed by atoms with E-state index < -0.39 is 17.1 Å². The Bertz CT molecular complexity index is 131. The summed E-state index contributed by atoms with van der Waals surface area (Å²) in [5, 5.41) is 0. The van der Waals surface area contributed by atoms with Crippen LogP contribution in [-0.4, -0.2) is 17.1 Å². The predicted octanol–water partition coefficient (Wildman–Crippen LogP) is 3.91. The van der Waals surface area contributed by atoms with E-state index in [1.54, 1.807) is 0 Å². The molecule has 0 radical (unpaired) electrons. The van der Waals surface area contributed by atoms with Gasteiger partial charge in [-0.05, 0) is 31.9 Å². The van der Waals surface area contributed by atoms with E-state index in [0.717, 1.165) is 0 Å². The molecule has 0 bridgehead atoms. The molecule has 0 spiro atoms. The van der Waals surface area contributed by atoms with Crippen LogP contribution in [0.25, 0.3) is 0 Å². The molecule has 0 rings (SSSR count). The van der Waals surface area contributed by atoms with Gasteiger partial charge in [0.25, 0.3) is 0 Å². The summed E-state index contributed by atoms with van der Waals surface area (Å²) in [5.74, 6) is 0. The van der Waals surface area contributed by atoms with Crippen molar-refractivity contribution < 1.29 is 13.2 Å². The highest BCUT2D eigenvalue weighted by Crippen LogP contribution is 2.48. The zero-order chi connectivity index (χ0) is 9.50. The highest BCUT2D eigenvalue weighted by atomic mass is 79.9. The van der Waals surface area contributed by atoms with E-state index in [9.17, 15) is 13.2 Å². The van der Waals surface area contributed by atoms with Gasteiger partial charge in [0.1, 0.15) is 8.07 Å². The minimum Gasteiger partial charge on any atom is -0.228 e. The van der Waals surface area contributed by atoms with Crippen LogP contribution in [0, 0.1) is 0 Å². The van der Waals surface area contributed by atoms with Crippen molar-refractivity contribution in [2.75, 3.05) is 0 Å². The van der Waals surface area contributed by atoms with Crippen LogP contribution in [0.15, 0.2) is 0 Å². The molecule has 11 heavy (non-hydrogen) atoms. The summed E-state index contributed by atoms with van der Waals surface area (Å²) in [5.41, 5.74) is 0. The zero-order valence-electron chi connectivity index (χ0n) is 6.39. The Morgan fingerprint density at radius 1 is 1.00 bits per heavy atom. The fraction of sp³-hybridized carbons (Fsp3) is 1.00. The van der Waals surface area contributed by atoms with Crippen molar-refractivity contribution in [1.82, 2.24) is 0 Å². The van der Waals surface area contributed by atoms with Crippen molar-refractivity contribution in [3.8, 4) is 0 Å². The van der Waals surface area contributed by atoms with Crippen LogP contribution in [0.3, 0.4) is 0 Å². The standard InChI is InChI=1S/C5H9Br2F3Si/c1-11(2,3)5(7,10)4(6,8)9/h1-3H3. The second kappa shape index (κ2) is 3.03. The number of hydrogen-bond donors (Lipinski definition) is 0. The summed E-state index contributed by atoms with van der Waals surface area (Å²) in [6, 6.07) is 0. The zero-order valence-corrected chi connectivity index (χ0v) is 10.6. The summed E-state index contributed by atoms with van der Waals surface area (Å²) in [7, 11) is -2.57. The first kappa shape index (κ1) is 12.0. The van der Waals surface area contributed by atoms with E-state index in [0.29, 0.717) is 0 Å². The van der Waals surface area contributed by atoms with E-state index in [1.165, 1.54) is 19.6 Å². The van der Waals surface area contributed by atoms with Gasteiger partial charge < -0.3 is 0 Å². The van der Waals surface area contributed by atoms with Crippen molar-refractivity contribution in [1.29, 1.82) is 0 Å². The Morgan fingerprint density at radius 2 is 1.27 bits per heavy atom. The molecule has 0 aromatic carbocycles. The summed E-state index contributed by atoms with van der Waals surface area (Å²) in [4.78, 5) is -3.50. The van der Waals surface area contributed by atoms with Crippen molar-refractivity contribution in [3.05, 3.63) is 0 Å². The maximum Gasteiger partial charge on any atom is 0.341 e. The van der Waals surface area contributed by atoms with Crippen molar-refractivity contribution in [2.45, 2.75) is 28.7 Å². The molecule has 0 aliphatic heterocycles. The minimum absolute atomic E-state index is 1.52. The molecule has 0 aromatic heterocycles. The van der Waals surface area contributed by atoms with Crippen LogP contribution in [-0.2, 0) is 0 Å². The quantitative estimate of drug-likeness (QED) is 0.535. The van der Waals surface area contributed by atoms with Gasteiger partial charge in [-0.1, -0.05) is 19.6 Å². The summed E-state index contributed by atoms with van der Waals surface area (Å²) in [6.45, 7) is 4.57. The molecule has 0 saturated heterocycles. The molecule has 0 aliphatic carbocycles. The molecule has 0 nitrogen and oxygen atoms in total. The average Bonchev–Trinajstić information content (AvgIpc) is 1.58. The molecule has 1 atom stereocenters. The lowest BCUT2D eigenvalue weighted by atomic mass is 10.8. The second-order valence-corrected chi connectivity index (χ2v) is 11.3. The normalized spacial score (nSPS) is 19.6. The molecule has 0 saturated carbocycles. The molecule has 0 fully saturated rings. The van der Waals surface area contributed by atoms with Gasteiger partial charge in [0.15, 0.2) is 0 Å². The highest BCUT2D eigenvalue weighted by Gasteiger charge is 2.59. The van der Waals surface area contributed by atoms with E-state index in [1.807, 2.05) is 15.9 Å². The van der Waals surface area contributed by atoms with E-state index >= 15 is 0 Å². The maximum atomic E-state index is 13.3. The molecule has 1 unspecified atom stereocenters. The fourth-order valence-electron chi connectivity index (χ4n) is 0.425. The third kappa shape index (κ3) is 2.45. The van der Waals surface area contributed by atoms with Gasteiger partial charge in [-0.25, -0.2) is 4.39 Å². The summed E-state index contributed by atoms with van der Waals surface area (Å²) in [6.07, 6.45) is 0. The van der Waals surface area contributed by atoms with Crippen LogP contribution >= 0.6 is 31.9 Å². The van der Waals surface area contributed by atoms with Gasteiger partial charge in [0, 0.05) is 0 Å². The van der Waals surface area contributed by atoms with Crippen LogP contribution in [0.5, 0.6) is 0 Å². The Kier molecular flexibility index (Phi) is 3.29. The number of hydrogen-bond acceptors (Lipinski definition) is 0. The third-order valence-electron chi connectivity index (χ3n) is 1.30. The topological polar surface area (TPSA) is 0 Å². The van der Waals surface area contributed by atoms with Crippen LogP contribution in [0.4, 0.5) is 13.2 Å². The Morgan fingerprint density at radius 3 is 1.27 bits per heavy atom. The van der Waals surface area contributed by atoms with E-state index in [-0.39, 0.29) is 0 Å². The van der Waals surface area contributed by atoms with Gasteiger partial charge in [-0.2, -0.15) is 8.78 Å². The predicted molar refractivity (Wildman–Crippen MR) is 50.0 cm³/mol. The molecule has 68 valence electrons. The fourth-order valence-corrected chi connectivity index (χ4v) is 3.06. The summed E-state index contributed by atoms with van der Waals surface area (Å²) < 4.78 is 35.7. The molecule has 0 aromatic rings. The molecule has 0 heterocycles. The molecule has 0 N–H and O–H groups in total. The third-order valence-corrected chi connectivity index (χ3v) is 9.01. The molecule has 0 amide bonds. The second-order valence-electron chi connectivity index (χ2n) is 3.32. The van der Waals surface area contributed by atoms with Gasteiger partial charge in [0.2, 0.25) is 4.20 Å². The minimum atomic E-state index is -3.50. The molecular formula is C5H9Br2F3Si. The van der Waals surface area contributed by atoms with Crippen LogP contribution in [0.1, 0.15) is 0 Å². The lowest BCUT2D eigenvalue weighted by Gasteiger charge is -2.33. The lowest BCUT2D eigenvalue weighted by Crippen LogP contribution is -2.53. The average molecular weight is 314 g/mol. The first-order valence-electron chi connectivity index (χ1n) is 2.94. The van der Waals surface area contributed by atoms with E-state index in [2.05, 4.69) is 15.9 Å². The number of halogens is 5. The Balaban J connectivity index is 4.75. The molecular weight excluding hydrogens is 305 g/mol. The highest BCUT2D eigenvalue weighted by molar-refractivity contribution is 9.13. The smallest absolute Gasteiger partial charge is 0.228 e. The Labute approximate surface area is 81.8 Å². The maximum absolute atomic E-state index is 13.3. The van der Waals surface area contributed by atoms with Gasteiger partial charge >= 0.3 is 4.83 Å².